The molecule has 0 saturated carbocycles. The molecular weight excluding hydrogens is 520 g/mol. The third-order valence-electron chi connectivity index (χ3n) is 6.50. The summed E-state index contributed by atoms with van der Waals surface area (Å²) in [5.74, 6) is 2.36. The summed E-state index contributed by atoms with van der Waals surface area (Å²) in [4.78, 5) is 0.132. The number of hydrogen-bond donors (Lipinski definition) is 0. The Balaban J connectivity index is 2.04. The van der Waals surface area contributed by atoms with Gasteiger partial charge in [0.2, 0.25) is 15.6 Å². The summed E-state index contributed by atoms with van der Waals surface area (Å²) in [5, 5.41) is 0. The fraction of sp³-hybridized carbons (Fsp3) is 0.333. The van der Waals surface area contributed by atoms with Gasteiger partial charge in [-0.05, 0) is 49.7 Å². The third kappa shape index (κ3) is 5.49. The number of fused-ring (bicyclic) bond motifs is 1. The van der Waals surface area contributed by atoms with Crippen LogP contribution in [0, 0.1) is 6.92 Å². The summed E-state index contributed by atoms with van der Waals surface area (Å²) in [6.07, 6.45) is 0.555. The lowest BCUT2D eigenvalue weighted by Gasteiger charge is -2.31. The first-order chi connectivity index (χ1) is 18.8. The van der Waals surface area contributed by atoms with Gasteiger partial charge < -0.3 is 28.4 Å². The molecule has 9 heteroatoms. The minimum Gasteiger partial charge on any atom is -0.497 e. The number of sulfone groups is 1. The van der Waals surface area contributed by atoms with Crippen molar-refractivity contribution < 1.29 is 36.8 Å². The highest BCUT2D eigenvalue weighted by Crippen LogP contribution is 2.50. The Bertz CT molecular complexity index is 1430. The van der Waals surface area contributed by atoms with Crippen LogP contribution in [0.25, 0.3) is 5.76 Å². The van der Waals surface area contributed by atoms with Gasteiger partial charge in [0.05, 0.1) is 45.5 Å². The van der Waals surface area contributed by atoms with Crippen LogP contribution >= 0.6 is 0 Å². The van der Waals surface area contributed by atoms with Crippen molar-refractivity contribution in [1.82, 2.24) is 0 Å². The minimum absolute atomic E-state index is 0.00519. The predicted molar refractivity (Wildman–Crippen MR) is 149 cm³/mol. The quantitative estimate of drug-likeness (QED) is 0.262. The van der Waals surface area contributed by atoms with Gasteiger partial charge in [-0.25, -0.2) is 8.42 Å². The fourth-order valence-corrected chi connectivity index (χ4v) is 6.02. The summed E-state index contributed by atoms with van der Waals surface area (Å²) >= 11 is 0. The average Bonchev–Trinajstić information content (AvgIpc) is 2.95. The van der Waals surface area contributed by atoms with Crippen molar-refractivity contribution in [1.29, 1.82) is 0 Å². The van der Waals surface area contributed by atoms with Crippen LogP contribution in [-0.4, -0.2) is 43.5 Å². The standard InChI is InChI=1S/C30H34O8S/c1-7-8-15-37-28-23-14-11-21(33-3)18-24(23)38-27(20-16-25(34-4)29(36-6)26(17-20)35-5)30(28)39(31,32)22-12-9-19(2)10-13-22/h9-14,16-18,27H,7-8,15H2,1-6H3. The molecule has 0 saturated heterocycles. The van der Waals surface area contributed by atoms with Crippen molar-refractivity contribution in [3.8, 4) is 28.7 Å². The van der Waals surface area contributed by atoms with Crippen LogP contribution in [-0.2, 0) is 14.6 Å². The van der Waals surface area contributed by atoms with E-state index in [0.717, 1.165) is 18.4 Å². The molecule has 3 aromatic carbocycles. The van der Waals surface area contributed by atoms with Crippen LogP contribution in [0.5, 0.6) is 28.7 Å². The number of unbranched alkanes of at least 4 members (excludes halogenated alkanes) is 1. The van der Waals surface area contributed by atoms with E-state index in [1.165, 1.54) is 21.3 Å². The molecule has 0 amide bonds. The van der Waals surface area contributed by atoms with E-state index >= 15 is 0 Å². The molecule has 3 aromatic rings. The minimum atomic E-state index is -4.09. The first-order valence-electron chi connectivity index (χ1n) is 12.6. The zero-order valence-electron chi connectivity index (χ0n) is 23.1. The highest BCUT2D eigenvalue weighted by Gasteiger charge is 2.41. The van der Waals surface area contributed by atoms with Gasteiger partial charge in [-0.15, -0.1) is 0 Å². The summed E-state index contributed by atoms with van der Waals surface area (Å²) in [7, 11) is 1.98. The first kappa shape index (κ1) is 28.2. The molecule has 0 radical (unpaired) electrons. The van der Waals surface area contributed by atoms with Crippen molar-refractivity contribution in [3.63, 3.8) is 0 Å². The normalized spacial score (nSPS) is 14.8. The Morgan fingerprint density at radius 1 is 0.846 bits per heavy atom. The second-order valence-electron chi connectivity index (χ2n) is 9.03. The van der Waals surface area contributed by atoms with E-state index in [1.807, 2.05) is 13.8 Å². The van der Waals surface area contributed by atoms with Gasteiger partial charge in [0.15, 0.2) is 17.6 Å². The molecule has 0 aromatic heterocycles. The molecule has 8 nitrogen and oxygen atoms in total. The number of hydrogen-bond acceptors (Lipinski definition) is 8. The summed E-state index contributed by atoms with van der Waals surface area (Å²) in [6.45, 7) is 4.29. The Hall–Kier alpha value is -3.85. The molecule has 4 rings (SSSR count). The van der Waals surface area contributed by atoms with Gasteiger partial charge in [0.25, 0.3) is 0 Å². The SMILES string of the molecule is CCCCOC1=C(S(=O)(=O)c2ccc(C)cc2)C(c2cc(OC)c(OC)c(OC)c2)Oc2cc(OC)ccc21. The van der Waals surface area contributed by atoms with Gasteiger partial charge in [-0.2, -0.15) is 0 Å². The second kappa shape index (κ2) is 11.9. The van der Waals surface area contributed by atoms with Gasteiger partial charge in [0, 0.05) is 11.6 Å². The molecule has 1 aliphatic heterocycles. The molecule has 0 spiro atoms. The summed E-state index contributed by atoms with van der Waals surface area (Å²) < 4.78 is 63.5. The van der Waals surface area contributed by atoms with Gasteiger partial charge >= 0.3 is 0 Å². The van der Waals surface area contributed by atoms with E-state index in [4.69, 9.17) is 28.4 Å². The van der Waals surface area contributed by atoms with Crippen LogP contribution in [0.2, 0.25) is 0 Å². The lowest BCUT2D eigenvalue weighted by atomic mass is 10.0. The molecule has 0 aliphatic carbocycles. The van der Waals surface area contributed by atoms with Crippen molar-refractivity contribution >= 4 is 15.6 Å². The summed E-state index contributed by atoms with van der Waals surface area (Å²) in [6, 6.07) is 15.3. The number of aryl methyl sites for hydroxylation is 1. The maximum Gasteiger partial charge on any atom is 0.210 e. The van der Waals surface area contributed by atoms with Crippen LogP contribution in [0.4, 0.5) is 0 Å². The Labute approximate surface area is 230 Å². The summed E-state index contributed by atoms with van der Waals surface area (Å²) in [5.41, 5.74) is 1.96. The van der Waals surface area contributed by atoms with E-state index in [2.05, 4.69) is 0 Å². The molecule has 1 atom stereocenters. The topological polar surface area (TPSA) is 89.5 Å². The Morgan fingerprint density at radius 2 is 1.51 bits per heavy atom. The van der Waals surface area contributed by atoms with Gasteiger partial charge in [-0.3, -0.25) is 0 Å². The largest absolute Gasteiger partial charge is 0.497 e. The van der Waals surface area contributed by atoms with Crippen LogP contribution in [0.1, 0.15) is 42.6 Å². The number of methoxy groups -OCH3 is 4. The zero-order chi connectivity index (χ0) is 28.2. The maximum atomic E-state index is 14.4. The average molecular weight is 555 g/mol. The molecular formula is C30H34O8S. The zero-order valence-corrected chi connectivity index (χ0v) is 23.9. The highest BCUT2D eigenvalue weighted by molar-refractivity contribution is 7.95. The number of ether oxygens (including phenoxy) is 6. The first-order valence-corrected chi connectivity index (χ1v) is 14.1. The highest BCUT2D eigenvalue weighted by atomic mass is 32.2. The van der Waals surface area contributed by atoms with Gasteiger partial charge in [0.1, 0.15) is 22.2 Å². The maximum absolute atomic E-state index is 14.4. The van der Waals surface area contributed by atoms with E-state index < -0.39 is 15.9 Å². The third-order valence-corrected chi connectivity index (χ3v) is 8.37. The van der Waals surface area contributed by atoms with Crippen molar-refractivity contribution in [2.75, 3.05) is 35.0 Å². The van der Waals surface area contributed by atoms with Crippen molar-refractivity contribution in [2.45, 2.75) is 37.7 Å². The molecule has 0 fully saturated rings. The lowest BCUT2D eigenvalue weighted by Crippen LogP contribution is -2.24. The predicted octanol–water partition coefficient (Wildman–Crippen LogP) is 6.12. The van der Waals surface area contributed by atoms with E-state index in [0.29, 0.717) is 46.5 Å². The monoisotopic (exact) mass is 554 g/mol. The second-order valence-corrected chi connectivity index (χ2v) is 10.9. The van der Waals surface area contributed by atoms with Crippen molar-refractivity contribution in [2.24, 2.45) is 0 Å². The fourth-order valence-electron chi connectivity index (χ4n) is 4.39. The molecule has 208 valence electrons. The van der Waals surface area contributed by atoms with Crippen LogP contribution < -0.4 is 23.7 Å². The lowest BCUT2D eigenvalue weighted by molar-refractivity contribution is 0.214. The molecule has 39 heavy (non-hydrogen) atoms. The molecule has 1 unspecified atom stereocenters. The van der Waals surface area contributed by atoms with E-state index in [-0.39, 0.29) is 15.6 Å². The van der Waals surface area contributed by atoms with Crippen LogP contribution in [0.3, 0.4) is 0 Å². The van der Waals surface area contributed by atoms with Crippen molar-refractivity contribution in [3.05, 3.63) is 76.2 Å². The molecule has 0 bridgehead atoms. The number of rotatable bonds is 11. The van der Waals surface area contributed by atoms with E-state index in [1.54, 1.807) is 61.7 Å². The van der Waals surface area contributed by atoms with Gasteiger partial charge in [-0.1, -0.05) is 31.0 Å². The molecule has 1 aliphatic rings. The Kier molecular flexibility index (Phi) is 8.60. The smallest absolute Gasteiger partial charge is 0.210 e. The molecule has 1 heterocycles. The molecule has 0 N–H and O–H groups in total. The number of benzene rings is 3. The van der Waals surface area contributed by atoms with Crippen LogP contribution in [0.15, 0.2) is 64.4 Å². The Morgan fingerprint density at radius 3 is 2.08 bits per heavy atom. The van der Waals surface area contributed by atoms with E-state index in [9.17, 15) is 8.42 Å².